The van der Waals surface area contributed by atoms with Gasteiger partial charge in [0.1, 0.15) is 0 Å². The normalized spacial score (nSPS) is 22.5. The molecular weight excluding hydrogens is 410 g/mol. The molecule has 31 heavy (non-hydrogen) atoms. The number of thioether (sulfide) groups is 1. The van der Waals surface area contributed by atoms with E-state index in [0.717, 1.165) is 50.4 Å². The number of rotatable bonds is 7. The van der Waals surface area contributed by atoms with Crippen molar-refractivity contribution >= 4 is 34.9 Å². The molecule has 0 radical (unpaired) electrons. The molecule has 1 aromatic carbocycles. The molecule has 3 N–H and O–H groups in total. The van der Waals surface area contributed by atoms with Gasteiger partial charge in [0.25, 0.3) is 11.1 Å². The summed E-state index contributed by atoms with van der Waals surface area (Å²) >= 11 is 0.889. The average Bonchev–Trinajstić information content (AvgIpc) is 3.07. The van der Waals surface area contributed by atoms with E-state index in [0.29, 0.717) is 28.6 Å². The van der Waals surface area contributed by atoms with Gasteiger partial charge < -0.3 is 10.6 Å². The first kappa shape index (κ1) is 21.5. The Bertz CT molecular complexity index is 968. The number of carbonyl (C=O) groups is 2. The zero-order valence-electron chi connectivity index (χ0n) is 17.6. The number of imide groups is 1. The van der Waals surface area contributed by atoms with E-state index in [1.807, 2.05) is 0 Å². The van der Waals surface area contributed by atoms with Gasteiger partial charge in [0, 0.05) is 18.3 Å². The Labute approximate surface area is 186 Å². The van der Waals surface area contributed by atoms with Gasteiger partial charge in [-0.15, -0.1) is 0 Å². The van der Waals surface area contributed by atoms with Crippen molar-refractivity contribution in [1.29, 1.82) is 0 Å². The van der Waals surface area contributed by atoms with Crippen LogP contribution in [0, 0.1) is 6.92 Å². The Kier molecular flexibility index (Phi) is 6.99. The second-order valence-corrected chi connectivity index (χ2v) is 9.05. The Hall–Kier alpha value is -2.71. The van der Waals surface area contributed by atoms with Crippen LogP contribution in [0.1, 0.15) is 42.5 Å². The number of amides is 2. The third-order valence-electron chi connectivity index (χ3n) is 5.63. The fourth-order valence-corrected chi connectivity index (χ4v) is 4.54. The summed E-state index contributed by atoms with van der Waals surface area (Å²) in [5.74, 6) is 0.177. The Morgan fingerprint density at radius 2 is 1.84 bits per heavy atom. The van der Waals surface area contributed by atoms with Gasteiger partial charge in [0.15, 0.2) is 0 Å². The van der Waals surface area contributed by atoms with Gasteiger partial charge in [-0.3, -0.25) is 14.9 Å². The van der Waals surface area contributed by atoms with Gasteiger partial charge in [0.05, 0.1) is 10.6 Å². The van der Waals surface area contributed by atoms with Crippen LogP contribution in [-0.2, 0) is 11.2 Å². The highest BCUT2D eigenvalue weighted by atomic mass is 32.2. The lowest BCUT2D eigenvalue weighted by molar-refractivity contribution is -0.115. The molecule has 2 amide bonds. The van der Waals surface area contributed by atoms with Gasteiger partial charge in [-0.2, -0.15) is 0 Å². The molecule has 2 aliphatic rings. The van der Waals surface area contributed by atoms with Crippen LogP contribution in [-0.4, -0.2) is 39.7 Å². The molecule has 162 valence electrons. The van der Waals surface area contributed by atoms with Crippen molar-refractivity contribution in [3.8, 4) is 0 Å². The summed E-state index contributed by atoms with van der Waals surface area (Å²) in [6.07, 6.45) is 8.69. The van der Waals surface area contributed by atoms with E-state index in [2.05, 4.69) is 57.1 Å². The molecule has 2 fully saturated rings. The first-order valence-electron chi connectivity index (χ1n) is 10.7. The van der Waals surface area contributed by atoms with Crippen LogP contribution in [0.2, 0.25) is 0 Å². The lowest BCUT2D eigenvalue weighted by Gasteiger charge is -2.29. The fraction of sp³-hybridized carbons (Fsp3) is 0.391. The van der Waals surface area contributed by atoms with Gasteiger partial charge in [-0.1, -0.05) is 29.8 Å². The minimum Gasteiger partial charge on any atom is -0.351 e. The predicted octanol–water partition coefficient (Wildman–Crippen LogP) is 3.66. The van der Waals surface area contributed by atoms with Crippen molar-refractivity contribution in [3.63, 3.8) is 0 Å². The average molecular weight is 438 g/mol. The van der Waals surface area contributed by atoms with Crippen LogP contribution < -0.4 is 16.0 Å². The lowest BCUT2D eigenvalue weighted by atomic mass is 9.91. The lowest BCUT2D eigenvalue weighted by Crippen LogP contribution is -2.38. The van der Waals surface area contributed by atoms with Gasteiger partial charge >= 0.3 is 0 Å². The second-order valence-electron chi connectivity index (χ2n) is 8.04. The molecule has 0 spiro atoms. The summed E-state index contributed by atoms with van der Waals surface area (Å²) in [6, 6.07) is 11.4. The van der Waals surface area contributed by atoms with E-state index < -0.39 is 0 Å². The molecule has 1 aromatic heterocycles. The molecule has 1 saturated heterocycles. The van der Waals surface area contributed by atoms with E-state index in [1.54, 1.807) is 18.3 Å². The van der Waals surface area contributed by atoms with Crippen molar-refractivity contribution in [3.05, 3.63) is 58.3 Å². The third kappa shape index (κ3) is 6.15. The largest absolute Gasteiger partial charge is 0.351 e. The summed E-state index contributed by atoms with van der Waals surface area (Å²) in [5.41, 5.74) is 3.28. The van der Waals surface area contributed by atoms with Crippen LogP contribution in [0.15, 0.2) is 41.4 Å². The number of aryl methyl sites for hydroxylation is 1. The van der Waals surface area contributed by atoms with Crippen molar-refractivity contribution in [2.24, 2.45) is 0 Å². The molecule has 2 aromatic rings. The highest BCUT2D eigenvalue weighted by molar-refractivity contribution is 8.18. The van der Waals surface area contributed by atoms with Crippen molar-refractivity contribution in [1.82, 2.24) is 20.6 Å². The van der Waals surface area contributed by atoms with Gasteiger partial charge in [-0.05, 0) is 75.0 Å². The summed E-state index contributed by atoms with van der Waals surface area (Å²) in [6.45, 7) is 3.11. The standard InChI is InChI=1S/C23H27N5O2S/c1-15-2-4-16(5-3-15)10-12-24-17-6-8-18(9-7-17)26-22-25-13-11-19(27-22)14-20-21(29)28-23(30)31-20/h2-5,11,13-14,17-18,24H,6-10,12H2,1H3,(H,25,26,27)(H,28,29,30). The number of benzene rings is 1. The minimum atomic E-state index is -0.378. The Morgan fingerprint density at radius 1 is 1.10 bits per heavy atom. The molecule has 1 aliphatic carbocycles. The number of hydrogen-bond donors (Lipinski definition) is 3. The van der Waals surface area contributed by atoms with Crippen LogP contribution >= 0.6 is 11.8 Å². The maximum Gasteiger partial charge on any atom is 0.290 e. The van der Waals surface area contributed by atoms with E-state index in [-0.39, 0.29) is 11.1 Å². The molecule has 4 rings (SSSR count). The maximum absolute atomic E-state index is 11.7. The highest BCUT2D eigenvalue weighted by Gasteiger charge is 2.25. The SMILES string of the molecule is Cc1ccc(CCNC2CCC(Nc3nccc(C=C4SC(=O)NC4=O)n3)CC2)cc1. The summed E-state index contributed by atoms with van der Waals surface area (Å²) in [4.78, 5) is 32.1. The minimum absolute atomic E-state index is 0.337. The van der Waals surface area contributed by atoms with Crippen LogP contribution in [0.5, 0.6) is 0 Å². The Morgan fingerprint density at radius 3 is 2.55 bits per heavy atom. The maximum atomic E-state index is 11.7. The van der Waals surface area contributed by atoms with E-state index in [4.69, 9.17) is 0 Å². The molecule has 2 heterocycles. The van der Waals surface area contributed by atoms with Gasteiger partial charge in [-0.25, -0.2) is 9.97 Å². The number of carbonyl (C=O) groups excluding carboxylic acids is 2. The van der Waals surface area contributed by atoms with E-state index in [9.17, 15) is 9.59 Å². The predicted molar refractivity (Wildman–Crippen MR) is 124 cm³/mol. The second kappa shape index (κ2) is 10.1. The molecule has 8 heteroatoms. The number of hydrogen-bond acceptors (Lipinski definition) is 7. The molecule has 1 aliphatic heterocycles. The van der Waals surface area contributed by atoms with Crippen LogP contribution in [0.25, 0.3) is 6.08 Å². The quantitative estimate of drug-likeness (QED) is 0.569. The summed E-state index contributed by atoms with van der Waals surface area (Å²) < 4.78 is 0. The molecule has 7 nitrogen and oxygen atoms in total. The Balaban J connectivity index is 1.23. The van der Waals surface area contributed by atoms with Gasteiger partial charge in [0.2, 0.25) is 5.95 Å². The molecule has 0 bridgehead atoms. The fourth-order valence-electron chi connectivity index (χ4n) is 3.88. The van der Waals surface area contributed by atoms with Crippen molar-refractivity contribution in [2.45, 2.75) is 51.1 Å². The number of nitrogens with one attached hydrogen (secondary N) is 3. The highest BCUT2D eigenvalue weighted by Crippen LogP contribution is 2.25. The molecule has 0 atom stereocenters. The van der Waals surface area contributed by atoms with Crippen molar-refractivity contribution in [2.75, 3.05) is 11.9 Å². The van der Waals surface area contributed by atoms with Crippen LogP contribution in [0.4, 0.5) is 10.7 Å². The van der Waals surface area contributed by atoms with E-state index in [1.165, 1.54) is 11.1 Å². The smallest absolute Gasteiger partial charge is 0.290 e. The topological polar surface area (TPSA) is 96.0 Å². The number of anilines is 1. The first-order chi connectivity index (χ1) is 15.0. The van der Waals surface area contributed by atoms with Crippen molar-refractivity contribution < 1.29 is 9.59 Å². The number of nitrogens with zero attached hydrogens (tertiary/aromatic N) is 2. The summed E-state index contributed by atoms with van der Waals surface area (Å²) in [5, 5.41) is 9.01. The zero-order valence-corrected chi connectivity index (χ0v) is 18.4. The third-order valence-corrected chi connectivity index (χ3v) is 6.44. The number of aromatic nitrogens is 2. The molecular formula is C23H27N5O2S. The van der Waals surface area contributed by atoms with Crippen LogP contribution in [0.3, 0.4) is 0 Å². The monoisotopic (exact) mass is 437 g/mol. The van der Waals surface area contributed by atoms with E-state index >= 15 is 0 Å². The summed E-state index contributed by atoms with van der Waals surface area (Å²) in [7, 11) is 0. The molecule has 0 unspecified atom stereocenters. The molecule has 1 saturated carbocycles. The zero-order chi connectivity index (χ0) is 21.6. The first-order valence-corrected chi connectivity index (χ1v) is 11.5.